The molecule has 1 aromatic carbocycles. The van der Waals surface area contributed by atoms with Gasteiger partial charge in [0.15, 0.2) is 0 Å². The summed E-state index contributed by atoms with van der Waals surface area (Å²) in [5.74, 6) is -0.945. The number of hydrogen-bond donors (Lipinski definition) is 1. The fraction of sp³-hybridized carbons (Fsp3) is 0.167. The molecule has 0 bridgehead atoms. The van der Waals surface area contributed by atoms with E-state index in [9.17, 15) is 13.6 Å². The van der Waals surface area contributed by atoms with Crippen LogP contribution >= 0.6 is 11.3 Å². The van der Waals surface area contributed by atoms with Crippen LogP contribution in [0.1, 0.15) is 17.7 Å². The first-order chi connectivity index (χ1) is 8.56. The van der Waals surface area contributed by atoms with Crippen molar-refractivity contribution in [3.8, 4) is 10.6 Å². The van der Waals surface area contributed by atoms with Gasteiger partial charge < -0.3 is 5.11 Å². The Kier molecular flexibility index (Phi) is 3.66. The topological polar surface area (TPSA) is 50.2 Å². The lowest BCUT2D eigenvalue weighted by Gasteiger charge is -2.00. The molecule has 0 saturated heterocycles. The second-order valence-corrected chi connectivity index (χ2v) is 4.50. The Bertz CT molecular complexity index is 551. The van der Waals surface area contributed by atoms with E-state index in [1.807, 2.05) is 0 Å². The highest BCUT2D eigenvalue weighted by Gasteiger charge is 2.10. The van der Waals surface area contributed by atoms with E-state index in [-0.39, 0.29) is 12.0 Å². The van der Waals surface area contributed by atoms with Crippen LogP contribution < -0.4 is 0 Å². The Hall–Kier alpha value is -1.82. The monoisotopic (exact) mass is 269 g/mol. The Labute approximate surface area is 106 Å². The minimum Gasteiger partial charge on any atom is -0.481 e. The van der Waals surface area contributed by atoms with Crippen LogP contribution in [0.4, 0.5) is 8.78 Å². The van der Waals surface area contributed by atoms with E-state index in [0.29, 0.717) is 16.3 Å². The quantitative estimate of drug-likeness (QED) is 0.925. The number of aromatic nitrogens is 1. The van der Waals surface area contributed by atoms with Gasteiger partial charge in [-0.05, 0) is 0 Å². The highest BCUT2D eigenvalue weighted by atomic mass is 32.1. The maximum absolute atomic E-state index is 12.4. The molecule has 0 fully saturated rings. The molecule has 1 aromatic heterocycles. The van der Waals surface area contributed by atoms with E-state index in [4.69, 9.17) is 5.11 Å². The summed E-state index contributed by atoms with van der Waals surface area (Å²) in [4.78, 5) is 14.7. The average Bonchev–Trinajstić information content (AvgIpc) is 2.76. The molecule has 0 amide bonds. The summed E-state index contributed by atoms with van der Waals surface area (Å²) < 4.78 is 24.7. The first-order valence-electron chi connectivity index (χ1n) is 5.11. The summed E-state index contributed by atoms with van der Waals surface area (Å²) in [6, 6.07) is 5.81. The number of carboxylic acids is 1. The van der Waals surface area contributed by atoms with Gasteiger partial charge in [0, 0.05) is 16.5 Å². The number of nitrogens with zero attached hydrogens (tertiary/aromatic N) is 1. The second-order valence-electron chi connectivity index (χ2n) is 3.64. The zero-order valence-electron chi connectivity index (χ0n) is 9.14. The molecule has 0 aliphatic heterocycles. The summed E-state index contributed by atoms with van der Waals surface area (Å²) in [5.41, 5.74) is 1.14. The molecule has 0 unspecified atom stereocenters. The first-order valence-corrected chi connectivity index (χ1v) is 5.99. The molecule has 1 heterocycles. The minimum atomic E-state index is -2.49. The smallest absolute Gasteiger partial charge is 0.309 e. The summed E-state index contributed by atoms with van der Waals surface area (Å²) in [6.45, 7) is 0. The van der Waals surface area contributed by atoms with Crippen LogP contribution in [0.5, 0.6) is 0 Å². The molecule has 2 rings (SSSR count). The molecule has 1 N–H and O–H groups in total. The molecule has 6 heteroatoms. The Morgan fingerprint density at radius 1 is 1.33 bits per heavy atom. The SMILES string of the molecule is O=C(O)Cc1csc(-c2ccc(C(F)F)cc2)n1. The van der Waals surface area contributed by atoms with Crippen molar-refractivity contribution in [2.45, 2.75) is 12.8 Å². The van der Waals surface area contributed by atoms with Crippen molar-refractivity contribution in [3.05, 3.63) is 40.9 Å². The normalized spacial score (nSPS) is 10.8. The van der Waals surface area contributed by atoms with Crippen LogP contribution in [0.15, 0.2) is 29.6 Å². The number of carbonyl (C=O) groups is 1. The van der Waals surface area contributed by atoms with E-state index in [1.54, 1.807) is 17.5 Å². The van der Waals surface area contributed by atoms with E-state index >= 15 is 0 Å². The van der Waals surface area contributed by atoms with Gasteiger partial charge in [-0.2, -0.15) is 0 Å². The standard InChI is InChI=1S/C12H9F2NO2S/c13-11(14)7-1-3-8(4-2-7)12-15-9(6-18-12)5-10(16)17/h1-4,6,11H,5H2,(H,16,17). The number of carboxylic acid groups (broad SMARTS) is 1. The molecule has 0 atom stereocenters. The van der Waals surface area contributed by atoms with Crippen LogP contribution in [0, 0.1) is 0 Å². The molecule has 2 aromatic rings. The summed E-state index contributed by atoms with van der Waals surface area (Å²) in [6.07, 6.45) is -2.62. The van der Waals surface area contributed by atoms with Gasteiger partial charge in [-0.15, -0.1) is 11.3 Å². The van der Waals surface area contributed by atoms with Gasteiger partial charge in [-0.3, -0.25) is 4.79 Å². The van der Waals surface area contributed by atoms with Gasteiger partial charge in [0.2, 0.25) is 0 Å². The second kappa shape index (κ2) is 5.22. The summed E-state index contributed by atoms with van der Waals surface area (Å²) >= 11 is 1.30. The fourth-order valence-corrected chi connectivity index (χ4v) is 2.27. The van der Waals surface area contributed by atoms with E-state index < -0.39 is 12.4 Å². The molecule has 0 spiro atoms. The van der Waals surface area contributed by atoms with Crippen molar-refractivity contribution < 1.29 is 18.7 Å². The number of halogens is 2. The Morgan fingerprint density at radius 3 is 2.56 bits per heavy atom. The molecule has 94 valence electrons. The van der Waals surface area contributed by atoms with Crippen molar-refractivity contribution in [3.63, 3.8) is 0 Å². The van der Waals surface area contributed by atoms with Crippen molar-refractivity contribution in [2.24, 2.45) is 0 Å². The molecule has 0 aliphatic carbocycles. The molecule has 0 radical (unpaired) electrons. The van der Waals surface area contributed by atoms with Gasteiger partial charge in [0.25, 0.3) is 6.43 Å². The third-order valence-electron chi connectivity index (χ3n) is 2.29. The van der Waals surface area contributed by atoms with Crippen LogP contribution in [0.25, 0.3) is 10.6 Å². The van der Waals surface area contributed by atoms with E-state index in [1.165, 1.54) is 23.5 Å². The predicted octanol–water partition coefficient (Wildman–Crippen LogP) is 3.37. The minimum absolute atomic E-state index is 0.0407. The van der Waals surface area contributed by atoms with E-state index in [0.717, 1.165) is 0 Å². The van der Waals surface area contributed by atoms with Crippen molar-refractivity contribution >= 4 is 17.3 Å². The zero-order valence-corrected chi connectivity index (χ0v) is 9.95. The molecular formula is C12H9F2NO2S. The molecule has 18 heavy (non-hydrogen) atoms. The summed E-state index contributed by atoms with van der Waals surface area (Å²) in [7, 11) is 0. The van der Waals surface area contributed by atoms with Crippen LogP contribution in [0.3, 0.4) is 0 Å². The number of aliphatic carboxylic acids is 1. The lowest BCUT2D eigenvalue weighted by atomic mass is 10.1. The fourth-order valence-electron chi connectivity index (χ4n) is 1.45. The lowest BCUT2D eigenvalue weighted by Crippen LogP contribution is -1.99. The summed E-state index contributed by atoms with van der Waals surface area (Å²) in [5, 5.41) is 10.9. The van der Waals surface area contributed by atoms with Gasteiger partial charge in [-0.25, -0.2) is 13.8 Å². The van der Waals surface area contributed by atoms with E-state index in [2.05, 4.69) is 4.98 Å². The molecular weight excluding hydrogens is 260 g/mol. The van der Waals surface area contributed by atoms with Crippen molar-refractivity contribution in [1.82, 2.24) is 4.98 Å². The van der Waals surface area contributed by atoms with Crippen LogP contribution in [0.2, 0.25) is 0 Å². The number of benzene rings is 1. The largest absolute Gasteiger partial charge is 0.481 e. The Morgan fingerprint density at radius 2 is 2.00 bits per heavy atom. The lowest BCUT2D eigenvalue weighted by molar-refractivity contribution is -0.136. The van der Waals surface area contributed by atoms with Crippen molar-refractivity contribution in [2.75, 3.05) is 0 Å². The van der Waals surface area contributed by atoms with Gasteiger partial charge >= 0.3 is 5.97 Å². The number of hydrogen-bond acceptors (Lipinski definition) is 3. The molecule has 0 aliphatic rings. The van der Waals surface area contributed by atoms with Crippen LogP contribution in [-0.2, 0) is 11.2 Å². The number of thiazole rings is 1. The highest BCUT2D eigenvalue weighted by molar-refractivity contribution is 7.13. The predicted molar refractivity (Wildman–Crippen MR) is 63.8 cm³/mol. The third kappa shape index (κ3) is 2.89. The van der Waals surface area contributed by atoms with Crippen LogP contribution in [-0.4, -0.2) is 16.1 Å². The first kappa shape index (κ1) is 12.6. The van der Waals surface area contributed by atoms with Gasteiger partial charge in [-0.1, -0.05) is 24.3 Å². The third-order valence-corrected chi connectivity index (χ3v) is 3.23. The zero-order chi connectivity index (χ0) is 13.1. The van der Waals surface area contributed by atoms with Gasteiger partial charge in [0.1, 0.15) is 5.01 Å². The molecule has 3 nitrogen and oxygen atoms in total. The average molecular weight is 269 g/mol. The van der Waals surface area contributed by atoms with Crippen molar-refractivity contribution in [1.29, 1.82) is 0 Å². The number of alkyl halides is 2. The maximum atomic E-state index is 12.4. The van der Waals surface area contributed by atoms with Gasteiger partial charge in [0.05, 0.1) is 12.1 Å². The highest BCUT2D eigenvalue weighted by Crippen LogP contribution is 2.26. The maximum Gasteiger partial charge on any atom is 0.309 e. The molecule has 0 saturated carbocycles. The Balaban J connectivity index is 2.20. The number of rotatable bonds is 4.